The molecule has 2 aliphatic heterocycles. The summed E-state index contributed by atoms with van der Waals surface area (Å²) in [6.45, 7) is 1.96. The Hall–Kier alpha value is -3.56. The molecule has 0 spiro atoms. The minimum Gasteiger partial charge on any atom is -0.446 e. The predicted octanol–water partition coefficient (Wildman–Crippen LogP) is 4.61. The maximum Gasteiger partial charge on any atom is 0.417 e. The molecule has 2 aliphatic rings. The number of amides is 2. The van der Waals surface area contributed by atoms with Crippen molar-refractivity contribution in [3.05, 3.63) is 101 Å². The Morgan fingerprint density at radius 2 is 1.61 bits per heavy atom. The van der Waals surface area contributed by atoms with Gasteiger partial charge in [0.1, 0.15) is 18.5 Å². The molecular formula is C27H25FN2O5S. The lowest BCUT2D eigenvalue weighted by Gasteiger charge is -2.30. The third-order valence-corrected chi connectivity index (χ3v) is 8.70. The van der Waals surface area contributed by atoms with Gasteiger partial charge in [-0.2, -0.15) is 4.31 Å². The molecule has 0 bridgehead atoms. The second-order valence-electron chi connectivity index (χ2n) is 9.03. The summed E-state index contributed by atoms with van der Waals surface area (Å²) in [7, 11) is -3.98. The molecule has 9 heteroatoms. The van der Waals surface area contributed by atoms with Gasteiger partial charge in [-0.3, -0.25) is 4.79 Å². The van der Waals surface area contributed by atoms with Crippen LogP contribution in [0.2, 0.25) is 0 Å². The Bertz CT molecular complexity index is 1380. The van der Waals surface area contributed by atoms with Gasteiger partial charge in [-0.15, -0.1) is 0 Å². The van der Waals surface area contributed by atoms with Crippen molar-refractivity contribution < 1.29 is 27.1 Å². The zero-order chi connectivity index (χ0) is 25.4. The number of cyclic esters (lactones) is 1. The number of benzene rings is 3. The molecule has 0 saturated carbocycles. The third kappa shape index (κ3) is 4.29. The van der Waals surface area contributed by atoms with E-state index in [9.17, 15) is 22.4 Å². The Balaban J connectivity index is 1.54. The molecule has 0 aromatic heterocycles. The molecule has 0 N–H and O–H groups in total. The van der Waals surface area contributed by atoms with Crippen LogP contribution in [0.1, 0.15) is 35.2 Å². The van der Waals surface area contributed by atoms with Crippen LogP contribution in [0.4, 0.5) is 9.18 Å². The van der Waals surface area contributed by atoms with Crippen molar-refractivity contribution in [1.82, 2.24) is 9.21 Å². The highest BCUT2D eigenvalue weighted by Gasteiger charge is 2.50. The molecule has 2 heterocycles. The fraction of sp³-hybridized carbons (Fsp3) is 0.259. The number of aryl methyl sites for hydroxylation is 1. The van der Waals surface area contributed by atoms with Crippen LogP contribution in [0, 0.1) is 18.7 Å². The Kier molecular flexibility index (Phi) is 6.36. The number of halogens is 1. The highest BCUT2D eigenvalue weighted by Crippen LogP contribution is 2.43. The standard InChI is InChI=1S/C27H25FN2O5S/c1-18-7-13-22(14-8-18)36(33,34)29-16-15-23(25(29)20-9-11-21(28)12-10-20)26(31)30-24(17-35-27(30)32)19-5-3-2-4-6-19/h2-14,23-25H,15-17H2,1H3/t23-,24-,25-/m1/s1. The Labute approximate surface area is 209 Å². The molecular weight excluding hydrogens is 483 g/mol. The van der Waals surface area contributed by atoms with Crippen LogP contribution in [-0.4, -0.2) is 42.8 Å². The zero-order valence-electron chi connectivity index (χ0n) is 19.6. The summed E-state index contributed by atoms with van der Waals surface area (Å²) in [6.07, 6.45) is -0.552. The van der Waals surface area contributed by atoms with Gasteiger partial charge in [0.2, 0.25) is 15.9 Å². The number of ether oxygens (including phenoxy) is 1. The lowest BCUT2D eigenvalue weighted by atomic mass is 9.92. The van der Waals surface area contributed by atoms with Gasteiger partial charge >= 0.3 is 6.09 Å². The zero-order valence-corrected chi connectivity index (χ0v) is 20.4. The van der Waals surface area contributed by atoms with Crippen molar-refractivity contribution in [3.63, 3.8) is 0 Å². The van der Waals surface area contributed by atoms with Gasteiger partial charge in [0.15, 0.2) is 0 Å². The summed E-state index contributed by atoms with van der Waals surface area (Å²) in [5, 5.41) is 0. The highest BCUT2D eigenvalue weighted by atomic mass is 32.2. The van der Waals surface area contributed by atoms with Gasteiger partial charge in [0.25, 0.3) is 0 Å². The Morgan fingerprint density at radius 1 is 0.944 bits per heavy atom. The van der Waals surface area contributed by atoms with Gasteiger partial charge in [-0.1, -0.05) is 60.2 Å². The van der Waals surface area contributed by atoms with E-state index in [0.29, 0.717) is 5.56 Å². The minimum absolute atomic E-state index is 0.0217. The number of sulfonamides is 1. The van der Waals surface area contributed by atoms with E-state index >= 15 is 0 Å². The highest BCUT2D eigenvalue weighted by molar-refractivity contribution is 7.89. The van der Waals surface area contributed by atoms with Crippen molar-refractivity contribution >= 4 is 22.0 Å². The number of nitrogens with zero attached hydrogens (tertiary/aromatic N) is 2. The van der Waals surface area contributed by atoms with Gasteiger partial charge in [-0.25, -0.2) is 22.5 Å². The fourth-order valence-electron chi connectivity index (χ4n) is 4.96. The van der Waals surface area contributed by atoms with Crippen LogP contribution in [0.3, 0.4) is 0 Å². The van der Waals surface area contributed by atoms with Gasteiger partial charge in [0.05, 0.1) is 16.9 Å². The average molecular weight is 509 g/mol. The maximum atomic E-state index is 13.9. The summed E-state index contributed by atoms with van der Waals surface area (Å²) in [5.74, 6) is -1.84. The number of hydrogen-bond acceptors (Lipinski definition) is 5. The quantitative estimate of drug-likeness (QED) is 0.503. The van der Waals surface area contributed by atoms with Crippen LogP contribution >= 0.6 is 0 Å². The molecule has 186 valence electrons. The molecule has 7 nitrogen and oxygen atoms in total. The van der Waals surface area contributed by atoms with E-state index in [1.54, 1.807) is 12.1 Å². The monoisotopic (exact) mass is 508 g/mol. The first-order valence-corrected chi connectivity index (χ1v) is 13.1. The predicted molar refractivity (Wildman–Crippen MR) is 130 cm³/mol. The third-order valence-electron chi connectivity index (χ3n) is 6.80. The molecule has 2 fully saturated rings. The van der Waals surface area contributed by atoms with E-state index in [1.165, 1.54) is 40.7 Å². The summed E-state index contributed by atoms with van der Waals surface area (Å²) < 4.78 is 47.6. The number of carbonyl (C=O) groups is 2. The van der Waals surface area contributed by atoms with Crippen molar-refractivity contribution in [1.29, 1.82) is 0 Å². The van der Waals surface area contributed by atoms with Crippen LogP contribution in [-0.2, 0) is 19.6 Å². The molecule has 3 atom stereocenters. The SMILES string of the molecule is Cc1ccc(S(=O)(=O)N2CC[C@@H](C(=O)N3C(=O)OC[C@@H]3c3ccccc3)[C@H]2c2ccc(F)cc2)cc1. The van der Waals surface area contributed by atoms with Crippen molar-refractivity contribution in [2.75, 3.05) is 13.2 Å². The molecule has 3 aromatic rings. The van der Waals surface area contributed by atoms with E-state index in [2.05, 4.69) is 0 Å². The molecule has 36 heavy (non-hydrogen) atoms. The maximum absolute atomic E-state index is 13.9. The topological polar surface area (TPSA) is 84.0 Å². The molecule has 2 amide bonds. The second kappa shape index (κ2) is 9.48. The molecule has 5 rings (SSSR count). The molecule has 0 unspecified atom stereocenters. The molecule has 0 radical (unpaired) electrons. The molecule has 2 saturated heterocycles. The smallest absolute Gasteiger partial charge is 0.417 e. The van der Waals surface area contributed by atoms with Gasteiger partial charge < -0.3 is 4.74 Å². The van der Waals surface area contributed by atoms with Crippen molar-refractivity contribution in [3.8, 4) is 0 Å². The summed E-state index contributed by atoms with van der Waals surface area (Å²) >= 11 is 0. The minimum atomic E-state index is -3.98. The fourth-order valence-corrected chi connectivity index (χ4v) is 6.62. The largest absolute Gasteiger partial charge is 0.446 e. The van der Waals surface area contributed by atoms with Crippen molar-refractivity contribution in [2.24, 2.45) is 5.92 Å². The lowest BCUT2D eigenvalue weighted by Crippen LogP contribution is -2.41. The van der Waals surface area contributed by atoms with Crippen LogP contribution in [0.15, 0.2) is 83.8 Å². The lowest BCUT2D eigenvalue weighted by molar-refractivity contribution is -0.134. The Morgan fingerprint density at radius 3 is 2.28 bits per heavy atom. The van der Waals surface area contributed by atoms with Gasteiger partial charge in [0, 0.05) is 6.54 Å². The van der Waals surface area contributed by atoms with E-state index in [-0.39, 0.29) is 24.5 Å². The van der Waals surface area contributed by atoms with E-state index < -0.39 is 45.8 Å². The summed E-state index contributed by atoms with van der Waals surface area (Å²) in [4.78, 5) is 27.8. The summed E-state index contributed by atoms with van der Waals surface area (Å²) in [6, 6.07) is 19.5. The molecule has 3 aromatic carbocycles. The van der Waals surface area contributed by atoms with E-state index in [4.69, 9.17) is 4.74 Å². The van der Waals surface area contributed by atoms with Crippen molar-refractivity contribution in [2.45, 2.75) is 30.3 Å². The number of rotatable bonds is 5. The van der Waals surface area contributed by atoms with E-state index in [0.717, 1.165) is 16.0 Å². The first kappa shape index (κ1) is 24.1. The average Bonchev–Trinajstić information content (AvgIpc) is 3.50. The van der Waals surface area contributed by atoms with Crippen LogP contribution in [0.25, 0.3) is 0 Å². The van der Waals surface area contributed by atoms with Crippen LogP contribution < -0.4 is 0 Å². The normalized spacial score (nSPS) is 22.6. The van der Waals surface area contributed by atoms with Gasteiger partial charge in [-0.05, 0) is 48.7 Å². The number of hydrogen-bond donors (Lipinski definition) is 0. The van der Waals surface area contributed by atoms with Crippen LogP contribution in [0.5, 0.6) is 0 Å². The number of imide groups is 1. The number of carbonyl (C=O) groups excluding carboxylic acids is 2. The van der Waals surface area contributed by atoms with E-state index in [1.807, 2.05) is 37.3 Å². The molecule has 0 aliphatic carbocycles. The first-order chi connectivity index (χ1) is 17.3. The first-order valence-electron chi connectivity index (χ1n) is 11.7. The second-order valence-corrected chi connectivity index (χ2v) is 10.9. The summed E-state index contributed by atoms with van der Waals surface area (Å²) in [5.41, 5.74) is 2.14.